The van der Waals surface area contributed by atoms with Crippen LogP contribution < -0.4 is 0 Å². The van der Waals surface area contributed by atoms with E-state index in [1.165, 1.54) is 22.7 Å². The summed E-state index contributed by atoms with van der Waals surface area (Å²) in [5.41, 5.74) is 6.77. The number of pyridine rings is 4. The first-order chi connectivity index (χ1) is 21.8. The lowest BCUT2D eigenvalue weighted by molar-refractivity contribution is 1.09. The van der Waals surface area contributed by atoms with E-state index >= 15 is 0 Å². The summed E-state index contributed by atoms with van der Waals surface area (Å²) in [6.45, 7) is 0. The van der Waals surface area contributed by atoms with Gasteiger partial charge < -0.3 is 0 Å². The summed E-state index contributed by atoms with van der Waals surface area (Å²) in [4.78, 5) is 18.4. The molecule has 0 spiro atoms. The molecule has 208 valence electrons. The Hall–Kier alpha value is -5.58. The van der Waals surface area contributed by atoms with Gasteiger partial charge in [-0.05, 0) is 71.4 Å². The number of hydrogen-bond acceptors (Lipinski definition) is 10. The van der Waals surface area contributed by atoms with E-state index in [0.29, 0.717) is 0 Å². The Bertz CT molecular complexity index is 2090. The van der Waals surface area contributed by atoms with E-state index in [0.717, 1.165) is 76.1 Å². The molecule has 0 aliphatic rings. The van der Waals surface area contributed by atoms with Crippen molar-refractivity contribution in [2.24, 2.45) is 0 Å². The molecule has 6 aromatic heterocycles. The predicted molar refractivity (Wildman–Crippen MR) is 175 cm³/mol. The Balaban J connectivity index is 1.08. The largest absolute Gasteiger partial charge is 0.255 e. The molecule has 0 aliphatic heterocycles. The summed E-state index contributed by atoms with van der Waals surface area (Å²) in [5, 5.41) is 23.3. The van der Waals surface area contributed by atoms with Gasteiger partial charge in [0, 0.05) is 23.5 Å². The van der Waals surface area contributed by atoms with Crippen LogP contribution in [0.2, 0.25) is 0 Å². The standard InChI is InChI=1S/C34H20N8S2/c1-3-17-35-25(7-1)27-9-5-11-29(37-27)33-41-39-31(43-33)22-15-13-21-14-16-23(20-24(21)19-22)32-40-42-34(44-32)30-12-6-10-28(38-30)26-8-2-4-18-36-26/h1-20H. The number of fused-ring (bicyclic) bond motifs is 1. The van der Waals surface area contributed by atoms with E-state index in [1.54, 1.807) is 12.4 Å². The highest BCUT2D eigenvalue weighted by atomic mass is 32.1. The second-order valence-electron chi connectivity index (χ2n) is 9.85. The number of rotatable bonds is 6. The summed E-state index contributed by atoms with van der Waals surface area (Å²) in [7, 11) is 0. The molecular formula is C34H20N8S2. The summed E-state index contributed by atoms with van der Waals surface area (Å²) in [6.07, 6.45) is 3.53. The molecule has 0 aliphatic carbocycles. The highest BCUT2D eigenvalue weighted by Gasteiger charge is 2.14. The third-order valence-electron chi connectivity index (χ3n) is 6.98. The van der Waals surface area contributed by atoms with E-state index < -0.39 is 0 Å². The van der Waals surface area contributed by atoms with Crippen molar-refractivity contribution in [2.45, 2.75) is 0 Å². The predicted octanol–water partition coefficient (Wildman–Crippen LogP) is 8.12. The molecule has 0 saturated heterocycles. The maximum Gasteiger partial charge on any atom is 0.166 e. The number of hydrogen-bond donors (Lipinski definition) is 0. The average Bonchev–Trinajstić information content (AvgIpc) is 3.80. The van der Waals surface area contributed by atoms with Crippen LogP contribution in [0.15, 0.2) is 122 Å². The first kappa shape index (κ1) is 26.1. The number of aromatic nitrogens is 8. The molecule has 10 heteroatoms. The molecule has 8 aromatic rings. The Morgan fingerprint density at radius 1 is 0.364 bits per heavy atom. The molecule has 0 unspecified atom stereocenters. The molecule has 0 N–H and O–H groups in total. The normalized spacial score (nSPS) is 11.2. The third-order valence-corrected chi connectivity index (χ3v) is 8.96. The zero-order valence-corrected chi connectivity index (χ0v) is 24.6. The van der Waals surface area contributed by atoms with Crippen LogP contribution in [0, 0.1) is 0 Å². The van der Waals surface area contributed by atoms with E-state index in [1.807, 2.05) is 72.8 Å². The Morgan fingerprint density at radius 2 is 0.818 bits per heavy atom. The van der Waals surface area contributed by atoms with Gasteiger partial charge in [0.15, 0.2) is 10.0 Å². The zero-order chi connectivity index (χ0) is 29.3. The minimum Gasteiger partial charge on any atom is -0.255 e. The lowest BCUT2D eigenvalue weighted by atomic mass is 10.0. The lowest BCUT2D eigenvalue weighted by Gasteiger charge is -2.03. The molecule has 8 nitrogen and oxygen atoms in total. The van der Waals surface area contributed by atoms with Crippen LogP contribution in [0.25, 0.3) is 76.1 Å². The van der Waals surface area contributed by atoms with Gasteiger partial charge in [0.25, 0.3) is 0 Å². The van der Waals surface area contributed by atoms with Gasteiger partial charge >= 0.3 is 0 Å². The Kier molecular flexibility index (Phi) is 6.67. The van der Waals surface area contributed by atoms with Crippen molar-refractivity contribution in [2.75, 3.05) is 0 Å². The maximum atomic E-state index is 4.79. The SMILES string of the molecule is c1ccc(-c2cccc(-c3nnc(-c4ccc5ccc(-c6nnc(-c7cccc(-c8ccccn8)n7)s6)cc5c4)s3)n2)nc1. The van der Waals surface area contributed by atoms with Crippen LogP contribution in [-0.2, 0) is 0 Å². The fraction of sp³-hybridized carbons (Fsp3) is 0. The van der Waals surface area contributed by atoms with E-state index in [2.05, 4.69) is 66.8 Å². The highest BCUT2D eigenvalue weighted by Crippen LogP contribution is 2.35. The van der Waals surface area contributed by atoms with Crippen molar-refractivity contribution in [3.63, 3.8) is 0 Å². The molecule has 0 radical (unpaired) electrons. The Morgan fingerprint density at radius 3 is 1.30 bits per heavy atom. The van der Waals surface area contributed by atoms with Crippen LogP contribution in [-0.4, -0.2) is 40.3 Å². The molecule has 0 saturated carbocycles. The van der Waals surface area contributed by atoms with Crippen molar-refractivity contribution in [1.29, 1.82) is 0 Å². The zero-order valence-electron chi connectivity index (χ0n) is 22.9. The average molecular weight is 605 g/mol. The number of nitrogens with zero attached hydrogens (tertiary/aromatic N) is 8. The monoisotopic (exact) mass is 604 g/mol. The van der Waals surface area contributed by atoms with E-state index in [9.17, 15) is 0 Å². The van der Waals surface area contributed by atoms with E-state index in [-0.39, 0.29) is 0 Å². The van der Waals surface area contributed by atoms with Gasteiger partial charge in [0.1, 0.15) is 21.4 Å². The molecule has 44 heavy (non-hydrogen) atoms. The van der Waals surface area contributed by atoms with Gasteiger partial charge in [-0.3, -0.25) is 9.97 Å². The van der Waals surface area contributed by atoms with Gasteiger partial charge in [-0.2, -0.15) is 0 Å². The van der Waals surface area contributed by atoms with Gasteiger partial charge in [-0.25, -0.2) is 9.97 Å². The van der Waals surface area contributed by atoms with Crippen LogP contribution in [0.3, 0.4) is 0 Å². The molecule has 0 bridgehead atoms. The highest BCUT2D eigenvalue weighted by molar-refractivity contribution is 7.18. The smallest absolute Gasteiger partial charge is 0.166 e. The first-order valence-corrected chi connectivity index (χ1v) is 15.4. The van der Waals surface area contributed by atoms with Gasteiger partial charge in [0.05, 0.1) is 22.8 Å². The van der Waals surface area contributed by atoms with Crippen molar-refractivity contribution in [1.82, 2.24) is 40.3 Å². The Labute approximate surface area is 259 Å². The molecule has 0 fully saturated rings. The lowest BCUT2D eigenvalue weighted by Crippen LogP contribution is -1.89. The fourth-order valence-corrected chi connectivity index (χ4v) is 6.44. The van der Waals surface area contributed by atoms with Crippen molar-refractivity contribution >= 4 is 33.4 Å². The second-order valence-corrected chi connectivity index (χ2v) is 11.8. The summed E-state index contributed by atoms with van der Waals surface area (Å²) in [5.74, 6) is 0. The first-order valence-electron chi connectivity index (χ1n) is 13.8. The van der Waals surface area contributed by atoms with Gasteiger partial charge in [0.2, 0.25) is 0 Å². The van der Waals surface area contributed by atoms with Crippen LogP contribution >= 0.6 is 22.7 Å². The molecule has 0 amide bonds. The molecule has 2 aromatic carbocycles. The van der Waals surface area contributed by atoms with Crippen molar-refractivity contribution in [3.8, 4) is 65.3 Å². The minimum absolute atomic E-state index is 0.758. The maximum absolute atomic E-state index is 4.79. The fourth-order valence-electron chi connectivity index (χ4n) is 4.82. The van der Waals surface area contributed by atoms with Crippen LogP contribution in [0.4, 0.5) is 0 Å². The van der Waals surface area contributed by atoms with Crippen molar-refractivity contribution < 1.29 is 0 Å². The molecular weight excluding hydrogens is 585 g/mol. The van der Waals surface area contributed by atoms with E-state index in [4.69, 9.17) is 9.97 Å². The quantitative estimate of drug-likeness (QED) is 0.187. The third kappa shape index (κ3) is 5.13. The summed E-state index contributed by atoms with van der Waals surface area (Å²) in [6, 6.07) is 36.0. The van der Waals surface area contributed by atoms with Crippen LogP contribution in [0.1, 0.15) is 0 Å². The topological polar surface area (TPSA) is 103 Å². The number of benzene rings is 2. The summed E-state index contributed by atoms with van der Waals surface area (Å²) < 4.78 is 0. The van der Waals surface area contributed by atoms with Gasteiger partial charge in [-0.15, -0.1) is 20.4 Å². The molecule has 6 heterocycles. The van der Waals surface area contributed by atoms with Crippen LogP contribution in [0.5, 0.6) is 0 Å². The molecule has 8 rings (SSSR count). The molecule has 0 atom stereocenters. The van der Waals surface area contributed by atoms with Gasteiger partial charge in [-0.1, -0.05) is 71.2 Å². The second kappa shape index (κ2) is 11.3. The minimum atomic E-state index is 0.758. The van der Waals surface area contributed by atoms with Crippen molar-refractivity contribution in [3.05, 3.63) is 122 Å². The summed E-state index contributed by atoms with van der Waals surface area (Å²) >= 11 is 3.03.